The number of benzene rings is 2. The van der Waals surface area contributed by atoms with Crippen molar-refractivity contribution in [2.24, 2.45) is 5.41 Å². The summed E-state index contributed by atoms with van der Waals surface area (Å²) in [5.41, 5.74) is 5.24. The third-order valence-corrected chi connectivity index (χ3v) is 8.20. The van der Waals surface area contributed by atoms with Crippen molar-refractivity contribution < 1.29 is 14.3 Å². The van der Waals surface area contributed by atoms with Crippen molar-refractivity contribution in [1.29, 1.82) is 0 Å². The standard InChI is InChI=1S/C32H34ClN3O4/c1-18-13-23(30-24(14-18)28(38)19(2)31(40-30)36-11-8-32(4,5)9-12-36)20(3)35-26-7-6-10-34-27(26)21-15-22(17-37)29(39)25(33)16-21/h6-7,10,13-17,20,35,39H,8-9,11-12H2,1-5H3/t20-/m1/s1. The average Bonchev–Trinajstić information content (AvgIpc) is 2.92. The van der Waals surface area contributed by atoms with Crippen LogP contribution in [0.15, 0.2) is 51.8 Å². The number of aromatic hydroxyl groups is 1. The van der Waals surface area contributed by atoms with Crippen molar-refractivity contribution in [2.45, 2.75) is 53.5 Å². The van der Waals surface area contributed by atoms with E-state index in [0.717, 1.165) is 37.1 Å². The van der Waals surface area contributed by atoms with Crippen LogP contribution in [0.1, 0.15) is 66.7 Å². The van der Waals surface area contributed by atoms with E-state index >= 15 is 0 Å². The van der Waals surface area contributed by atoms with Gasteiger partial charge in [-0.2, -0.15) is 0 Å². The van der Waals surface area contributed by atoms with Crippen molar-refractivity contribution in [3.8, 4) is 17.0 Å². The lowest BCUT2D eigenvalue weighted by atomic mass is 9.82. The zero-order chi connectivity index (χ0) is 28.8. The van der Waals surface area contributed by atoms with Gasteiger partial charge in [-0.1, -0.05) is 31.5 Å². The summed E-state index contributed by atoms with van der Waals surface area (Å²) in [5, 5.41) is 14.3. The Kier molecular flexibility index (Phi) is 7.36. The van der Waals surface area contributed by atoms with E-state index < -0.39 is 0 Å². The second-order valence-electron chi connectivity index (χ2n) is 11.5. The molecule has 2 aromatic heterocycles. The zero-order valence-electron chi connectivity index (χ0n) is 23.5. The topological polar surface area (TPSA) is 95.7 Å². The number of piperidine rings is 1. The number of halogens is 1. The Morgan fingerprint density at radius 1 is 1.18 bits per heavy atom. The molecule has 0 spiro atoms. The summed E-state index contributed by atoms with van der Waals surface area (Å²) in [6.07, 6.45) is 4.28. The SMILES string of the molecule is Cc1cc([C@@H](C)Nc2cccnc2-c2cc(Cl)c(O)c(C=O)c2)c2oc(N3CCC(C)(C)CC3)c(C)c(=O)c2c1. The Bertz CT molecular complexity index is 1670. The first-order valence-electron chi connectivity index (χ1n) is 13.5. The fourth-order valence-electron chi connectivity index (χ4n) is 5.40. The summed E-state index contributed by atoms with van der Waals surface area (Å²) in [5.74, 6) is 0.386. The molecule has 0 amide bonds. The third-order valence-electron chi connectivity index (χ3n) is 7.91. The third kappa shape index (κ3) is 5.18. The van der Waals surface area contributed by atoms with E-state index in [4.69, 9.17) is 16.0 Å². The number of fused-ring (bicyclic) bond motifs is 1. The number of pyridine rings is 1. The van der Waals surface area contributed by atoms with Gasteiger partial charge in [0.25, 0.3) is 0 Å². The minimum absolute atomic E-state index is 0.0135. The molecule has 1 aliphatic rings. The summed E-state index contributed by atoms with van der Waals surface area (Å²) in [6, 6.07) is 10.5. The number of hydrogen-bond acceptors (Lipinski definition) is 7. The van der Waals surface area contributed by atoms with Gasteiger partial charge in [0, 0.05) is 30.4 Å². The number of anilines is 2. The van der Waals surface area contributed by atoms with E-state index in [-0.39, 0.29) is 33.2 Å². The Hall–Kier alpha value is -3.84. The molecule has 0 aliphatic carbocycles. The van der Waals surface area contributed by atoms with E-state index in [0.29, 0.717) is 45.6 Å². The Morgan fingerprint density at radius 2 is 1.90 bits per heavy atom. The number of nitrogens with one attached hydrogen (secondary N) is 1. The molecule has 40 heavy (non-hydrogen) atoms. The highest BCUT2D eigenvalue weighted by Crippen LogP contribution is 2.38. The number of aryl methyl sites for hydroxylation is 1. The molecule has 3 heterocycles. The molecule has 208 valence electrons. The molecule has 0 saturated carbocycles. The van der Waals surface area contributed by atoms with Crippen LogP contribution in [0.4, 0.5) is 11.6 Å². The molecule has 5 rings (SSSR count). The van der Waals surface area contributed by atoms with Gasteiger partial charge in [-0.05, 0) is 74.9 Å². The predicted molar refractivity (Wildman–Crippen MR) is 161 cm³/mol. The lowest BCUT2D eigenvalue weighted by Crippen LogP contribution is -2.38. The van der Waals surface area contributed by atoms with Gasteiger partial charge < -0.3 is 19.7 Å². The van der Waals surface area contributed by atoms with Crippen LogP contribution in [0.25, 0.3) is 22.2 Å². The fourth-order valence-corrected chi connectivity index (χ4v) is 5.63. The maximum Gasteiger partial charge on any atom is 0.202 e. The predicted octanol–water partition coefficient (Wildman–Crippen LogP) is 7.44. The van der Waals surface area contributed by atoms with Gasteiger partial charge in [-0.3, -0.25) is 14.6 Å². The van der Waals surface area contributed by atoms with Gasteiger partial charge in [0.2, 0.25) is 5.88 Å². The Morgan fingerprint density at radius 3 is 2.60 bits per heavy atom. The van der Waals surface area contributed by atoms with E-state index in [2.05, 4.69) is 29.0 Å². The van der Waals surface area contributed by atoms with Crippen LogP contribution in [-0.2, 0) is 0 Å². The molecule has 4 aromatic rings. The summed E-state index contributed by atoms with van der Waals surface area (Å²) >= 11 is 6.20. The number of hydrogen-bond donors (Lipinski definition) is 2. The number of phenols is 1. The molecular weight excluding hydrogens is 526 g/mol. The highest BCUT2D eigenvalue weighted by atomic mass is 35.5. The molecule has 2 aromatic carbocycles. The second-order valence-corrected chi connectivity index (χ2v) is 11.9. The number of phenolic OH excluding ortho intramolecular Hbond substituents is 1. The van der Waals surface area contributed by atoms with E-state index in [9.17, 15) is 14.7 Å². The van der Waals surface area contributed by atoms with E-state index in [1.54, 1.807) is 18.3 Å². The lowest BCUT2D eigenvalue weighted by molar-refractivity contribution is 0.112. The van der Waals surface area contributed by atoms with Crippen LogP contribution in [0.3, 0.4) is 0 Å². The maximum atomic E-state index is 13.6. The molecule has 0 radical (unpaired) electrons. The first-order chi connectivity index (χ1) is 19.0. The number of aldehydes is 1. The molecule has 8 heteroatoms. The fraction of sp³-hybridized carbons (Fsp3) is 0.344. The smallest absolute Gasteiger partial charge is 0.202 e. The van der Waals surface area contributed by atoms with Crippen molar-refractivity contribution >= 4 is 40.4 Å². The van der Waals surface area contributed by atoms with Crippen molar-refractivity contribution in [3.63, 3.8) is 0 Å². The van der Waals surface area contributed by atoms with Crippen molar-refractivity contribution in [2.75, 3.05) is 23.3 Å². The summed E-state index contributed by atoms with van der Waals surface area (Å²) in [6.45, 7) is 12.1. The van der Waals surface area contributed by atoms with Crippen molar-refractivity contribution in [1.82, 2.24) is 4.98 Å². The van der Waals surface area contributed by atoms with Crippen LogP contribution in [0.5, 0.6) is 5.75 Å². The number of aromatic nitrogens is 1. The highest BCUT2D eigenvalue weighted by molar-refractivity contribution is 6.32. The molecule has 1 atom stereocenters. The number of carbonyl (C=O) groups excluding carboxylic acids is 1. The van der Waals surface area contributed by atoms with Crippen LogP contribution in [-0.4, -0.2) is 29.5 Å². The average molecular weight is 560 g/mol. The van der Waals surface area contributed by atoms with Gasteiger partial charge in [-0.15, -0.1) is 0 Å². The molecule has 0 bridgehead atoms. The van der Waals surface area contributed by atoms with Crippen LogP contribution in [0, 0.1) is 19.3 Å². The van der Waals surface area contributed by atoms with Crippen LogP contribution in [0.2, 0.25) is 5.02 Å². The van der Waals surface area contributed by atoms with Gasteiger partial charge in [0.05, 0.1) is 39.0 Å². The first kappa shape index (κ1) is 27.7. The molecule has 2 N–H and O–H groups in total. The van der Waals surface area contributed by atoms with Crippen molar-refractivity contribution in [3.05, 3.63) is 80.1 Å². The Balaban J connectivity index is 1.57. The minimum Gasteiger partial charge on any atom is -0.506 e. The molecule has 1 aliphatic heterocycles. The number of carbonyl (C=O) groups is 1. The zero-order valence-corrected chi connectivity index (χ0v) is 24.2. The molecule has 0 unspecified atom stereocenters. The van der Waals surface area contributed by atoms with Crippen LogP contribution >= 0.6 is 11.6 Å². The second kappa shape index (κ2) is 10.6. The van der Waals surface area contributed by atoms with Crippen LogP contribution < -0.4 is 15.6 Å². The largest absolute Gasteiger partial charge is 0.506 e. The van der Waals surface area contributed by atoms with Gasteiger partial charge in [0.15, 0.2) is 11.7 Å². The quantitative estimate of drug-likeness (QED) is 0.237. The molecule has 1 saturated heterocycles. The minimum atomic E-state index is -0.262. The number of nitrogens with zero attached hydrogens (tertiary/aromatic N) is 2. The summed E-state index contributed by atoms with van der Waals surface area (Å²) < 4.78 is 6.59. The first-order valence-corrected chi connectivity index (χ1v) is 13.9. The molecule has 1 fully saturated rings. The summed E-state index contributed by atoms with van der Waals surface area (Å²) in [4.78, 5) is 31.8. The summed E-state index contributed by atoms with van der Waals surface area (Å²) in [7, 11) is 0. The van der Waals surface area contributed by atoms with E-state index in [1.165, 1.54) is 0 Å². The normalized spacial score (nSPS) is 15.7. The van der Waals surface area contributed by atoms with Gasteiger partial charge in [-0.25, -0.2) is 0 Å². The maximum absolute atomic E-state index is 13.6. The number of rotatable bonds is 6. The molecule has 7 nitrogen and oxygen atoms in total. The van der Waals surface area contributed by atoms with E-state index in [1.807, 2.05) is 45.0 Å². The highest BCUT2D eigenvalue weighted by Gasteiger charge is 2.29. The Labute approximate surface area is 238 Å². The lowest BCUT2D eigenvalue weighted by Gasteiger charge is -2.37. The molecular formula is C32H34ClN3O4. The van der Waals surface area contributed by atoms with Gasteiger partial charge >= 0.3 is 0 Å². The monoisotopic (exact) mass is 559 g/mol. The van der Waals surface area contributed by atoms with Gasteiger partial charge in [0.1, 0.15) is 11.3 Å².